The summed E-state index contributed by atoms with van der Waals surface area (Å²) >= 11 is 0. The van der Waals surface area contributed by atoms with E-state index >= 15 is 0 Å². The van der Waals surface area contributed by atoms with Crippen molar-refractivity contribution in [2.75, 3.05) is 18.6 Å². The average Bonchev–Trinajstić information content (AvgIpc) is 3.00. The SMILES string of the molecule is COc1ccc(C2=NC(O)(C(F)(F)F)CN2c2ccc(S(N)(=O)=O)cc2)cc1. The molecule has 2 aromatic rings. The molecule has 1 heterocycles. The van der Waals surface area contributed by atoms with Crippen molar-refractivity contribution >= 4 is 21.5 Å². The maximum Gasteiger partial charge on any atom is 0.440 e. The van der Waals surface area contributed by atoms with Crippen LogP contribution in [0.3, 0.4) is 0 Å². The van der Waals surface area contributed by atoms with Crippen molar-refractivity contribution in [2.45, 2.75) is 16.8 Å². The number of β-amino-alcohol motifs (C(OH)–C–C–N with tert-alkyl or cyclic N) is 1. The molecule has 7 nitrogen and oxygen atoms in total. The number of rotatable bonds is 4. The molecule has 0 bridgehead atoms. The van der Waals surface area contributed by atoms with E-state index in [0.29, 0.717) is 11.3 Å². The second-order valence-electron chi connectivity index (χ2n) is 6.10. The van der Waals surface area contributed by atoms with Gasteiger partial charge in [0.25, 0.3) is 5.72 Å². The Morgan fingerprint density at radius 1 is 1.14 bits per heavy atom. The summed E-state index contributed by atoms with van der Waals surface area (Å²) in [6.45, 7) is -0.882. The van der Waals surface area contributed by atoms with Gasteiger partial charge in [-0.1, -0.05) is 0 Å². The molecular weight excluding hydrogens is 399 g/mol. The molecule has 11 heteroatoms. The lowest BCUT2D eigenvalue weighted by Gasteiger charge is -2.25. The van der Waals surface area contributed by atoms with Gasteiger partial charge >= 0.3 is 6.18 Å². The topological polar surface area (TPSA) is 105 Å². The van der Waals surface area contributed by atoms with Crippen molar-refractivity contribution in [3.8, 4) is 5.75 Å². The van der Waals surface area contributed by atoms with Crippen molar-refractivity contribution in [3.05, 3.63) is 54.1 Å². The van der Waals surface area contributed by atoms with E-state index in [-0.39, 0.29) is 16.4 Å². The van der Waals surface area contributed by atoms with Gasteiger partial charge in [-0.05, 0) is 48.5 Å². The molecule has 1 aliphatic heterocycles. The van der Waals surface area contributed by atoms with Crippen LogP contribution in [-0.2, 0) is 10.0 Å². The van der Waals surface area contributed by atoms with Crippen LogP contribution in [-0.4, -0.2) is 44.9 Å². The van der Waals surface area contributed by atoms with Crippen LogP contribution in [0.5, 0.6) is 5.75 Å². The predicted octanol–water partition coefficient (Wildman–Crippen LogP) is 1.86. The molecule has 150 valence electrons. The fourth-order valence-corrected chi connectivity index (χ4v) is 3.22. The van der Waals surface area contributed by atoms with Crippen LogP contribution in [0.1, 0.15) is 5.56 Å². The van der Waals surface area contributed by atoms with E-state index in [1.165, 1.54) is 43.5 Å². The summed E-state index contributed by atoms with van der Waals surface area (Å²) in [7, 11) is -2.51. The predicted molar refractivity (Wildman–Crippen MR) is 95.7 cm³/mol. The van der Waals surface area contributed by atoms with Gasteiger partial charge in [-0.25, -0.2) is 18.5 Å². The number of aliphatic imine (C=N–C) groups is 1. The molecule has 0 amide bonds. The first-order valence-electron chi connectivity index (χ1n) is 7.88. The van der Waals surface area contributed by atoms with Crippen molar-refractivity contribution in [3.63, 3.8) is 0 Å². The van der Waals surface area contributed by atoms with Gasteiger partial charge < -0.3 is 14.7 Å². The van der Waals surface area contributed by atoms with Gasteiger partial charge in [0.2, 0.25) is 10.0 Å². The number of nitrogens with zero attached hydrogens (tertiary/aromatic N) is 2. The third-order valence-electron chi connectivity index (χ3n) is 4.20. The van der Waals surface area contributed by atoms with E-state index < -0.39 is 28.5 Å². The minimum Gasteiger partial charge on any atom is -0.497 e. The Balaban J connectivity index is 2.06. The summed E-state index contributed by atoms with van der Waals surface area (Å²) in [6, 6.07) is 11.0. The summed E-state index contributed by atoms with van der Waals surface area (Å²) in [5, 5.41) is 15.1. The number of nitrogens with two attached hydrogens (primary N) is 1. The minimum absolute atomic E-state index is 0.120. The van der Waals surface area contributed by atoms with Gasteiger partial charge in [-0.2, -0.15) is 13.2 Å². The van der Waals surface area contributed by atoms with Gasteiger partial charge in [-0.3, -0.25) is 0 Å². The molecule has 28 heavy (non-hydrogen) atoms. The number of primary sulfonamides is 1. The standard InChI is InChI=1S/C17H16F3N3O4S/c1-27-13-6-2-11(3-7-13)15-22-16(24,17(18,19)20)10-23(15)12-4-8-14(9-5-12)28(21,25)26/h2-9,24H,10H2,1H3,(H2,21,25,26). The molecule has 3 rings (SSSR count). The van der Waals surface area contributed by atoms with E-state index in [2.05, 4.69) is 4.99 Å². The number of sulfonamides is 1. The molecular formula is C17H16F3N3O4S. The Bertz CT molecular complexity index is 1010. The Hall–Kier alpha value is -2.63. The number of alkyl halides is 3. The van der Waals surface area contributed by atoms with Crippen LogP contribution >= 0.6 is 0 Å². The molecule has 0 aliphatic carbocycles. The quantitative estimate of drug-likeness (QED) is 0.793. The number of aliphatic hydroxyl groups is 1. The molecule has 1 aliphatic rings. The molecule has 3 N–H and O–H groups in total. The first kappa shape index (κ1) is 20.1. The third kappa shape index (κ3) is 3.68. The largest absolute Gasteiger partial charge is 0.497 e. The van der Waals surface area contributed by atoms with E-state index in [1.54, 1.807) is 12.1 Å². The van der Waals surface area contributed by atoms with Gasteiger partial charge in [0.15, 0.2) is 0 Å². The summed E-state index contributed by atoms with van der Waals surface area (Å²) in [5.41, 5.74) is -2.78. The van der Waals surface area contributed by atoms with Crippen molar-refractivity contribution in [1.29, 1.82) is 0 Å². The Labute approximate surface area is 158 Å². The number of ether oxygens (including phenoxy) is 1. The first-order valence-corrected chi connectivity index (χ1v) is 9.43. The molecule has 0 radical (unpaired) electrons. The molecule has 2 aromatic carbocycles. The van der Waals surface area contributed by atoms with Crippen LogP contribution in [0.15, 0.2) is 58.4 Å². The van der Waals surface area contributed by atoms with E-state index in [4.69, 9.17) is 9.88 Å². The Morgan fingerprint density at radius 3 is 2.18 bits per heavy atom. The fourth-order valence-electron chi connectivity index (χ4n) is 2.71. The lowest BCUT2D eigenvalue weighted by Crippen LogP contribution is -2.47. The smallest absolute Gasteiger partial charge is 0.440 e. The second kappa shape index (κ2) is 6.76. The van der Waals surface area contributed by atoms with Gasteiger partial charge in [0, 0.05) is 11.3 Å². The average molecular weight is 415 g/mol. The Kier molecular flexibility index (Phi) is 4.86. The zero-order valence-electron chi connectivity index (χ0n) is 14.5. The monoisotopic (exact) mass is 415 g/mol. The van der Waals surface area contributed by atoms with Crippen LogP contribution in [0, 0.1) is 0 Å². The van der Waals surface area contributed by atoms with Crippen LogP contribution in [0.2, 0.25) is 0 Å². The van der Waals surface area contributed by atoms with E-state index in [9.17, 15) is 26.7 Å². The van der Waals surface area contributed by atoms with Gasteiger partial charge in [0.05, 0.1) is 18.6 Å². The Morgan fingerprint density at radius 2 is 1.71 bits per heavy atom. The lowest BCUT2D eigenvalue weighted by atomic mass is 10.1. The number of amidine groups is 1. The highest BCUT2D eigenvalue weighted by atomic mass is 32.2. The molecule has 0 aromatic heterocycles. The summed E-state index contributed by atoms with van der Waals surface area (Å²) < 4.78 is 67.9. The summed E-state index contributed by atoms with van der Waals surface area (Å²) in [4.78, 5) is 4.50. The van der Waals surface area contributed by atoms with Gasteiger partial charge in [-0.15, -0.1) is 0 Å². The highest BCUT2D eigenvalue weighted by Gasteiger charge is 2.58. The molecule has 1 atom stereocenters. The second-order valence-corrected chi connectivity index (χ2v) is 7.66. The highest BCUT2D eigenvalue weighted by molar-refractivity contribution is 7.89. The first-order chi connectivity index (χ1) is 12.9. The molecule has 1 unspecified atom stereocenters. The number of halogens is 3. The normalized spacial score (nSPS) is 20.2. The van der Waals surface area contributed by atoms with Crippen LogP contribution in [0.25, 0.3) is 0 Å². The van der Waals surface area contributed by atoms with Crippen LogP contribution < -0.4 is 14.8 Å². The van der Waals surface area contributed by atoms with Gasteiger partial charge in [0.1, 0.15) is 11.6 Å². The molecule has 0 fully saturated rings. The fraction of sp³-hybridized carbons (Fsp3) is 0.235. The molecule has 0 spiro atoms. The number of benzene rings is 2. The van der Waals surface area contributed by atoms with Crippen molar-refractivity contribution in [1.82, 2.24) is 0 Å². The number of anilines is 1. The third-order valence-corrected chi connectivity index (χ3v) is 5.13. The molecule has 0 saturated heterocycles. The lowest BCUT2D eigenvalue weighted by molar-refractivity contribution is -0.249. The number of hydrogen-bond donors (Lipinski definition) is 2. The highest BCUT2D eigenvalue weighted by Crippen LogP contribution is 2.39. The minimum atomic E-state index is -5.00. The van der Waals surface area contributed by atoms with Crippen molar-refractivity contribution < 1.29 is 31.4 Å². The van der Waals surface area contributed by atoms with E-state index in [1.807, 2.05) is 0 Å². The zero-order chi connectivity index (χ0) is 20.7. The van der Waals surface area contributed by atoms with Crippen LogP contribution in [0.4, 0.5) is 18.9 Å². The van der Waals surface area contributed by atoms with Crippen molar-refractivity contribution in [2.24, 2.45) is 10.1 Å². The van der Waals surface area contributed by atoms with E-state index in [0.717, 1.165) is 4.90 Å². The maximum absolute atomic E-state index is 13.4. The number of hydrogen-bond acceptors (Lipinski definition) is 6. The summed E-state index contributed by atoms with van der Waals surface area (Å²) in [5.74, 6) is 0.378. The zero-order valence-corrected chi connectivity index (χ0v) is 15.3. The summed E-state index contributed by atoms with van der Waals surface area (Å²) in [6.07, 6.45) is -5.00. The molecule has 0 saturated carbocycles. The maximum atomic E-state index is 13.4. The number of methoxy groups -OCH3 is 1.